The molecule has 0 aliphatic carbocycles. The lowest BCUT2D eigenvalue weighted by Gasteiger charge is -2.19. The zero-order valence-corrected chi connectivity index (χ0v) is 20.0. The third kappa shape index (κ3) is 4.69. The minimum Gasteiger partial charge on any atom is -0.283 e. The number of hydrogen-bond acceptors (Lipinski definition) is 6. The summed E-state index contributed by atoms with van der Waals surface area (Å²) >= 11 is 3.07. The van der Waals surface area contributed by atoms with Gasteiger partial charge in [-0.3, -0.25) is 14.7 Å². The molecule has 0 atom stereocenters. The van der Waals surface area contributed by atoms with Crippen molar-refractivity contribution in [2.24, 2.45) is 0 Å². The number of anilines is 1. The Morgan fingerprint density at radius 1 is 1.00 bits per heavy atom. The number of benzene rings is 2. The molecule has 33 heavy (non-hydrogen) atoms. The van der Waals surface area contributed by atoms with E-state index in [0.29, 0.717) is 11.7 Å². The van der Waals surface area contributed by atoms with E-state index in [2.05, 4.69) is 35.9 Å². The highest BCUT2D eigenvalue weighted by Crippen LogP contribution is 2.33. The fraction of sp³-hybridized carbons (Fsp3) is 0.154. The van der Waals surface area contributed by atoms with Crippen LogP contribution in [0.25, 0.3) is 20.9 Å². The average Bonchev–Trinajstić information content (AvgIpc) is 3.46. The fourth-order valence-electron chi connectivity index (χ4n) is 3.75. The van der Waals surface area contributed by atoms with E-state index < -0.39 is 0 Å². The smallest absolute Gasteiger partial charge is 0.235 e. The third-order valence-corrected chi connectivity index (χ3v) is 7.44. The highest BCUT2D eigenvalue weighted by Gasteiger charge is 2.22. The second kappa shape index (κ2) is 9.21. The third-order valence-electron chi connectivity index (χ3n) is 5.29. The van der Waals surface area contributed by atoms with Gasteiger partial charge in [0.25, 0.3) is 0 Å². The highest BCUT2D eigenvalue weighted by atomic mass is 32.1. The van der Waals surface area contributed by atoms with Gasteiger partial charge >= 0.3 is 0 Å². The fourth-order valence-corrected chi connectivity index (χ4v) is 5.58. The lowest BCUT2D eigenvalue weighted by Crippen LogP contribution is -2.31. The number of rotatable bonds is 6. The van der Waals surface area contributed by atoms with E-state index in [1.165, 1.54) is 22.5 Å². The molecule has 0 aliphatic rings. The molecule has 1 amide bonds. The predicted octanol–water partition coefficient (Wildman–Crippen LogP) is 6.21. The van der Waals surface area contributed by atoms with Crippen LogP contribution in [0.1, 0.15) is 22.4 Å². The van der Waals surface area contributed by atoms with Crippen LogP contribution in [0.2, 0.25) is 0 Å². The van der Waals surface area contributed by atoms with E-state index in [9.17, 15) is 4.79 Å². The van der Waals surface area contributed by atoms with Crippen molar-refractivity contribution in [3.8, 4) is 10.7 Å². The molecule has 3 aromatic heterocycles. The maximum Gasteiger partial charge on any atom is 0.235 e. The van der Waals surface area contributed by atoms with E-state index in [4.69, 9.17) is 4.98 Å². The molecule has 0 saturated carbocycles. The summed E-state index contributed by atoms with van der Waals surface area (Å²) in [6.07, 6.45) is 1.96. The van der Waals surface area contributed by atoms with Crippen LogP contribution in [0, 0.1) is 13.8 Å². The molecule has 0 radical (unpaired) electrons. The molecule has 0 fully saturated rings. The van der Waals surface area contributed by atoms with Gasteiger partial charge < -0.3 is 0 Å². The molecule has 164 valence electrons. The second-order valence-corrected chi connectivity index (χ2v) is 9.76. The van der Waals surface area contributed by atoms with Crippen LogP contribution in [-0.2, 0) is 17.8 Å². The van der Waals surface area contributed by atoms with Crippen molar-refractivity contribution >= 4 is 43.9 Å². The second-order valence-electron chi connectivity index (χ2n) is 7.93. The summed E-state index contributed by atoms with van der Waals surface area (Å²) in [7, 11) is 0. The van der Waals surface area contributed by atoms with Gasteiger partial charge in [-0.1, -0.05) is 53.8 Å². The summed E-state index contributed by atoms with van der Waals surface area (Å²) in [4.78, 5) is 29.2. The van der Waals surface area contributed by atoms with Gasteiger partial charge in [-0.2, -0.15) is 0 Å². The predicted molar refractivity (Wildman–Crippen MR) is 136 cm³/mol. The SMILES string of the molecule is Cc1cc(C)c2sc(N(Cc3ccccc3)C(=O)Cc3csc(-c4ccccn4)n3)nc2c1. The lowest BCUT2D eigenvalue weighted by atomic mass is 10.1. The van der Waals surface area contributed by atoms with Crippen molar-refractivity contribution in [1.82, 2.24) is 15.0 Å². The van der Waals surface area contributed by atoms with Gasteiger partial charge in [0.2, 0.25) is 5.91 Å². The number of pyridine rings is 1. The Kier molecular flexibility index (Phi) is 5.98. The van der Waals surface area contributed by atoms with Gasteiger partial charge in [0.15, 0.2) is 5.13 Å². The van der Waals surface area contributed by atoms with Crippen LogP contribution < -0.4 is 4.90 Å². The molecule has 2 aromatic carbocycles. The summed E-state index contributed by atoms with van der Waals surface area (Å²) in [5, 5.41) is 3.47. The number of carbonyl (C=O) groups is 1. The standard InChI is InChI=1S/C26H22N4OS2/c1-17-12-18(2)24-22(13-17)29-26(33-24)30(15-19-8-4-3-5-9-19)23(31)14-20-16-32-25(28-20)21-10-6-7-11-27-21/h3-13,16H,14-15H2,1-2H3. The first kappa shape index (κ1) is 21.4. The molecule has 5 aromatic rings. The minimum atomic E-state index is -0.0230. The molecule has 5 rings (SSSR count). The van der Waals surface area contributed by atoms with Crippen molar-refractivity contribution in [3.05, 3.63) is 94.6 Å². The molecule has 5 nitrogen and oxygen atoms in total. The van der Waals surface area contributed by atoms with Gasteiger partial charge in [-0.15, -0.1) is 11.3 Å². The summed E-state index contributed by atoms with van der Waals surface area (Å²) in [6.45, 7) is 4.63. The van der Waals surface area contributed by atoms with Gasteiger partial charge in [-0.05, 0) is 48.7 Å². The molecule has 0 aliphatic heterocycles. The largest absolute Gasteiger partial charge is 0.283 e. The Labute approximate surface area is 200 Å². The topological polar surface area (TPSA) is 59.0 Å². The van der Waals surface area contributed by atoms with Crippen molar-refractivity contribution in [1.29, 1.82) is 0 Å². The monoisotopic (exact) mass is 470 g/mol. The summed E-state index contributed by atoms with van der Waals surface area (Å²) in [6, 6.07) is 20.0. The van der Waals surface area contributed by atoms with E-state index in [1.54, 1.807) is 22.4 Å². The highest BCUT2D eigenvalue weighted by molar-refractivity contribution is 7.22. The Balaban J connectivity index is 1.46. The van der Waals surface area contributed by atoms with E-state index in [0.717, 1.165) is 32.2 Å². The summed E-state index contributed by atoms with van der Waals surface area (Å²) in [5.74, 6) is -0.0230. The van der Waals surface area contributed by atoms with Crippen molar-refractivity contribution in [2.75, 3.05) is 4.90 Å². The first-order chi connectivity index (χ1) is 16.1. The zero-order valence-electron chi connectivity index (χ0n) is 18.4. The van der Waals surface area contributed by atoms with Crippen molar-refractivity contribution in [2.45, 2.75) is 26.8 Å². The van der Waals surface area contributed by atoms with E-state index in [-0.39, 0.29) is 12.3 Å². The molecule has 0 bridgehead atoms. The number of carbonyl (C=O) groups excluding carboxylic acids is 1. The Bertz CT molecular complexity index is 1410. The lowest BCUT2D eigenvalue weighted by molar-refractivity contribution is -0.118. The summed E-state index contributed by atoms with van der Waals surface area (Å²) < 4.78 is 1.12. The van der Waals surface area contributed by atoms with Crippen LogP contribution in [0.15, 0.2) is 72.2 Å². The van der Waals surface area contributed by atoms with E-state index >= 15 is 0 Å². The molecule has 3 heterocycles. The normalized spacial score (nSPS) is 11.1. The zero-order chi connectivity index (χ0) is 22.8. The number of aryl methyl sites for hydroxylation is 2. The molecule has 0 spiro atoms. The van der Waals surface area contributed by atoms with Crippen LogP contribution in [-0.4, -0.2) is 20.9 Å². The van der Waals surface area contributed by atoms with Gasteiger partial charge in [0.05, 0.1) is 34.6 Å². The first-order valence-corrected chi connectivity index (χ1v) is 12.3. The van der Waals surface area contributed by atoms with Crippen LogP contribution >= 0.6 is 22.7 Å². The Morgan fingerprint density at radius 2 is 1.82 bits per heavy atom. The number of thiazole rings is 2. The Morgan fingerprint density at radius 3 is 2.61 bits per heavy atom. The number of hydrogen-bond donors (Lipinski definition) is 0. The maximum atomic E-state index is 13.5. The van der Waals surface area contributed by atoms with Crippen molar-refractivity contribution < 1.29 is 4.79 Å². The van der Waals surface area contributed by atoms with Crippen molar-refractivity contribution in [3.63, 3.8) is 0 Å². The van der Waals surface area contributed by atoms with Crippen LogP contribution in [0.4, 0.5) is 5.13 Å². The molecule has 0 saturated heterocycles. The quantitative estimate of drug-likeness (QED) is 0.296. The first-order valence-electron chi connectivity index (χ1n) is 10.6. The van der Waals surface area contributed by atoms with Crippen LogP contribution in [0.5, 0.6) is 0 Å². The summed E-state index contributed by atoms with van der Waals surface area (Å²) in [5.41, 5.74) is 5.91. The Hall–Kier alpha value is -3.42. The van der Waals surface area contributed by atoms with Gasteiger partial charge in [0, 0.05) is 11.6 Å². The molecule has 0 unspecified atom stereocenters. The number of aromatic nitrogens is 3. The van der Waals surface area contributed by atoms with Gasteiger partial charge in [0.1, 0.15) is 5.01 Å². The number of nitrogens with zero attached hydrogens (tertiary/aromatic N) is 4. The molecule has 7 heteroatoms. The van der Waals surface area contributed by atoms with E-state index in [1.807, 2.05) is 53.9 Å². The number of amides is 1. The van der Waals surface area contributed by atoms with Gasteiger partial charge in [-0.25, -0.2) is 9.97 Å². The minimum absolute atomic E-state index is 0.0230. The molecular weight excluding hydrogens is 448 g/mol. The average molecular weight is 471 g/mol. The maximum absolute atomic E-state index is 13.5. The molecular formula is C26H22N4OS2. The number of fused-ring (bicyclic) bond motifs is 1. The van der Waals surface area contributed by atoms with Crippen LogP contribution in [0.3, 0.4) is 0 Å². The molecule has 0 N–H and O–H groups in total.